The number of ether oxygens (including phenoxy) is 1. The first kappa shape index (κ1) is 12.9. The van der Waals surface area contributed by atoms with Crippen LogP contribution in [0.4, 0.5) is 0 Å². The highest BCUT2D eigenvalue weighted by atomic mass is 16.5. The van der Waals surface area contributed by atoms with Gasteiger partial charge >= 0.3 is 5.97 Å². The molecular weight excluding hydrogens is 246 g/mol. The third-order valence-corrected chi connectivity index (χ3v) is 2.47. The van der Waals surface area contributed by atoms with Crippen molar-refractivity contribution in [2.24, 2.45) is 0 Å². The summed E-state index contributed by atoms with van der Waals surface area (Å²) in [6.45, 7) is 0.503. The number of hydrogen-bond acceptors (Lipinski definition) is 5. The van der Waals surface area contributed by atoms with Crippen molar-refractivity contribution in [3.05, 3.63) is 47.9 Å². The van der Waals surface area contributed by atoms with E-state index in [0.29, 0.717) is 12.5 Å². The van der Waals surface area contributed by atoms with Gasteiger partial charge < -0.3 is 9.84 Å². The number of carboxylic acids is 1. The van der Waals surface area contributed by atoms with Gasteiger partial charge in [0.1, 0.15) is 0 Å². The lowest BCUT2D eigenvalue weighted by atomic mass is 10.1. The molecule has 2 aromatic rings. The Balaban J connectivity index is 1.75. The van der Waals surface area contributed by atoms with E-state index in [1.165, 1.54) is 17.7 Å². The van der Waals surface area contributed by atoms with Gasteiger partial charge in [0.15, 0.2) is 5.69 Å². The van der Waals surface area contributed by atoms with E-state index in [1.54, 1.807) is 12.4 Å². The van der Waals surface area contributed by atoms with Crippen LogP contribution in [0.2, 0.25) is 0 Å². The van der Waals surface area contributed by atoms with E-state index in [2.05, 4.69) is 15.2 Å². The fourth-order valence-corrected chi connectivity index (χ4v) is 1.51. The Kier molecular flexibility index (Phi) is 4.39. The summed E-state index contributed by atoms with van der Waals surface area (Å²) in [5.41, 5.74) is 1.11. The van der Waals surface area contributed by atoms with Gasteiger partial charge in [-0.3, -0.25) is 4.98 Å². The van der Waals surface area contributed by atoms with E-state index < -0.39 is 5.97 Å². The van der Waals surface area contributed by atoms with E-state index in [1.807, 2.05) is 12.1 Å². The summed E-state index contributed by atoms with van der Waals surface area (Å²) < 4.78 is 5.38. The van der Waals surface area contributed by atoms with Crippen LogP contribution in [0.15, 0.2) is 36.7 Å². The summed E-state index contributed by atoms with van der Waals surface area (Å²) in [6, 6.07) is 6.79. The second kappa shape index (κ2) is 6.44. The molecule has 98 valence electrons. The van der Waals surface area contributed by atoms with Crippen molar-refractivity contribution in [1.82, 2.24) is 15.2 Å². The van der Waals surface area contributed by atoms with Gasteiger partial charge in [0, 0.05) is 18.5 Å². The highest BCUT2D eigenvalue weighted by molar-refractivity contribution is 5.84. The fourth-order valence-electron chi connectivity index (χ4n) is 1.51. The average Bonchev–Trinajstić information content (AvgIpc) is 2.45. The van der Waals surface area contributed by atoms with Gasteiger partial charge in [-0.1, -0.05) is 0 Å². The van der Waals surface area contributed by atoms with Crippen LogP contribution in [0.1, 0.15) is 22.5 Å². The Hall–Kier alpha value is -2.50. The second-order valence-electron chi connectivity index (χ2n) is 3.87. The number of nitrogens with zero attached hydrogens (tertiary/aromatic N) is 3. The topological polar surface area (TPSA) is 85.2 Å². The molecule has 2 heterocycles. The van der Waals surface area contributed by atoms with E-state index in [0.717, 1.165) is 12.8 Å². The predicted molar refractivity (Wildman–Crippen MR) is 67.0 cm³/mol. The number of carbonyl (C=O) groups is 1. The summed E-state index contributed by atoms with van der Waals surface area (Å²) in [5, 5.41) is 15.9. The van der Waals surface area contributed by atoms with Gasteiger partial charge in [-0.2, -0.15) is 0 Å². The quantitative estimate of drug-likeness (QED) is 0.793. The Bertz CT molecular complexity index is 529. The average molecular weight is 259 g/mol. The molecule has 0 fully saturated rings. The number of aryl methyl sites for hydroxylation is 1. The number of rotatable bonds is 6. The highest BCUT2D eigenvalue weighted by Crippen LogP contribution is 2.06. The molecule has 6 heteroatoms. The molecule has 0 spiro atoms. The minimum atomic E-state index is -1.10. The van der Waals surface area contributed by atoms with Gasteiger partial charge in [0.05, 0.1) is 6.61 Å². The van der Waals surface area contributed by atoms with Gasteiger partial charge in [0.25, 0.3) is 0 Å². The zero-order valence-corrected chi connectivity index (χ0v) is 10.2. The Morgan fingerprint density at radius 2 is 1.95 bits per heavy atom. The Morgan fingerprint density at radius 1 is 1.16 bits per heavy atom. The molecule has 0 aliphatic heterocycles. The van der Waals surface area contributed by atoms with Gasteiger partial charge in [0.2, 0.25) is 5.88 Å². The number of aromatic nitrogens is 3. The molecule has 0 bridgehead atoms. The monoisotopic (exact) mass is 259 g/mol. The third kappa shape index (κ3) is 4.02. The molecule has 0 radical (unpaired) electrons. The highest BCUT2D eigenvalue weighted by Gasteiger charge is 2.05. The molecule has 2 rings (SSSR count). The maximum Gasteiger partial charge on any atom is 0.356 e. The summed E-state index contributed by atoms with van der Waals surface area (Å²) in [5.74, 6) is -0.767. The van der Waals surface area contributed by atoms with Crippen molar-refractivity contribution < 1.29 is 14.6 Å². The lowest BCUT2D eigenvalue weighted by Gasteiger charge is -2.04. The predicted octanol–water partition coefficient (Wildman–Crippen LogP) is 1.58. The van der Waals surface area contributed by atoms with Crippen LogP contribution in [0.3, 0.4) is 0 Å². The van der Waals surface area contributed by atoms with Crippen molar-refractivity contribution in [3.8, 4) is 5.88 Å². The fraction of sp³-hybridized carbons (Fsp3) is 0.231. The summed E-state index contributed by atoms with van der Waals surface area (Å²) in [4.78, 5) is 14.5. The lowest BCUT2D eigenvalue weighted by molar-refractivity contribution is 0.0689. The summed E-state index contributed by atoms with van der Waals surface area (Å²) in [6.07, 6.45) is 5.24. The summed E-state index contributed by atoms with van der Waals surface area (Å²) >= 11 is 0. The van der Waals surface area contributed by atoms with Crippen LogP contribution < -0.4 is 4.74 Å². The Morgan fingerprint density at radius 3 is 2.58 bits per heavy atom. The smallest absolute Gasteiger partial charge is 0.356 e. The van der Waals surface area contributed by atoms with Crippen LogP contribution in [-0.4, -0.2) is 32.9 Å². The number of pyridine rings is 1. The first-order chi connectivity index (χ1) is 9.25. The van der Waals surface area contributed by atoms with E-state index in [9.17, 15) is 4.79 Å². The molecule has 0 atom stereocenters. The zero-order chi connectivity index (χ0) is 13.5. The molecule has 0 saturated heterocycles. The van der Waals surface area contributed by atoms with Gasteiger partial charge in [-0.15, -0.1) is 10.2 Å². The molecule has 0 saturated carbocycles. The molecule has 0 unspecified atom stereocenters. The van der Waals surface area contributed by atoms with Crippen molar-refractivity contribution >= 4 is 5.97 Å². The molecule has 0 amide bonds. The maximum atomic E-state index is 10.6. The van der Waals surface area contributed by atoms with Crippen LogP contribution in [0, 0.1) is 0 Å². The minimum Gasteiger partial charge on any atom is -0.477 e. The zero-order valence-electron chi connectivity index (χ0n) is 10.2. The number of carboxylic acid groups (broad SMARTS) is 1. The van der Waals surface area contributed by atoms with Crippen LogP contribution in [-0.2, 0) is 6.42 Å². The largest absolute Gasteiger partial charge is 0.477 e. The molecule has 6 nitrogen and oxygen atoms in total. The number of hydrogen-bond donors (Lipinski definition) is 1. The third-order valence-electron chi connectivity index (χ3n) is 2.47. The van der Waals surface area contributed by atoms with Crippen LogP contribution in [0.25, 0.3) is 0 Å². The molecule has 0 aromatic carbocycles. The molecule has 1 N–H and O–H groups in total. The first-order valence-corrected chi connectivity index (χ1v) is 5.84. The van der Waals surface area contributed by atoms with Crippen LogP contribution >= 0.6 is 0 Å². The summed E-state index contributed by atoms with van der Waals surface area (Å²) in [7, 11) is 0. The van der Waals surface area contributed by atoms with E-state index in [-0.39, 0.29) is 5.69 Å². The van der Waals surface area contributed by atoms with E-state index in [4.69, 9.17) is 9.84 Å². The first-order valence-electron chi connectivity index (χ1n) is 5.84. The van der Waals surface area contributed by atoms with Gasteiger partial charge in [-0.25, -0.2) is 4.79 Å². The molecule has 19 heavy (non-hydrogen) atoms. The van der Waals surface area contributed by atoms with Crippen molar-refractivity contribution in [1.29, 1.82) is 0 Å². The molecular formula is C13H13N3O3. The van der Waals surface area contributed by atoms with E-state index >= 15 is 0 Å². The second-order valence-corrected chi connectivity index (χ2v) is 3.87. The molecule has 0 aliphatic carbocycles. The van der Waals surface area contributed by atoms with Gasteiger partial charge in [-0.05, 0) is 36.6 Å². The molecule has 2 aromatic heterocycles. The van der Waals surface area contributed by atoms with Crippen LogP contribution in [0.5, 0.6) is 5.88 Å². The standard InChI is InChI=1S/C13H13N3O3/c17-13(18)11-3-4-12(16-15-11)19-9-1-2-10-5-7-14-8-6-10/h3-8H,1-2,9H2,(H,17,18). The molecule has 0 aliphatic rings. The SMILES string of the molecule is O=C(O)c1ccc(OCCCc2ccncc2)nn1. The van der Waals surface area contributed by atoms with Crippen molar-refractivity contribution in [2.75, 3.05) is 6.61 Å². The van der Waals surface area contributed by atoms with Crippen molar-refractivity contribution in [2.45, 2.75) is 12.8 Å². The van der Waals surface area contributed by atoms with Crippen molar-refractivity contribution in [3.63, 3.8) is 0 Å². The lowest BCUT2D eigenvalue weighted by Crippen LogP contribution is -2.05. The maximum absolute atomic E-state index is 10.6. The number of aromatic carboxylic acids is 1. The Labute approximate surface area is 110 Å². The normalized spacial score (nSPS) is 10.1. The minimum absolute atomic E-state index is 0.0934.